The number of hydrogen-bond acceptors (Lipinski definition) is 5. The van der Waals surface area contributed by atoms with E-state index in [1.807, 2.05) is 6.07 Å². The lowest BCUT2D eigenvalue weighted by Crippen LogP contribution is -2.05. The van der Waals surface area contributed by atoms with Gasteiger partial charge in [0.15, 0.2) is 17.2 Å². The molecule has 4 rings (SSSR count). The van der Waals surface area contributed by atoms with Crippen LogP contribution >= 0.6 is 34.2 Å². The number of methoxy groups -OCH3 is 1. The molecule has 0 aromatic heterocycles. The van der Waals surface area contributed by atoms with E-state index < -0.39 is 5.97 Å². The highest BCUT2D eigenvalue weighted by Gasteiger charge is 2.25. The zero-order valence-corrected chi connectivity index (χ0v) is 19.7. The number of nitrogens with zero attached hydrogens (tertiary/aromatic N) is 1. The smallest absolute Gasteiger partial charge is 0.363 e. The maximum absolute atomic E-state index is 13.9. The summed E-state index contributed by atoms with van der Waals surface area (Å²) in [4.78, 5) is 16.6. The molecule has 0 atom stereocenters. The van der Waals surface area contributed by atoms with Crippen molar-refractivity contribution in [2.45, 2.75) is 6.61 Å². The first-order chi connectivity index (χ1) is 15.5. The topological polar surface area (TPSA) is 57.1 Å². The van der Waals surface area contributed by atoms with Crippen molar-refractivity contribution in [3.05, 3.63) is 97.5 Å². The van der Waals surface area contributed by atoms with Gasteiger partial charge in [0.2, 0.25) is 5.90 Å². The van der Waals surface area contributed by atoms with Crippen LogP contribution in [-0.2, 0) is 16.1 Å². The van der Waals surface area contributed by atoms with Crippen LogP contribution in [0, 0.1) is 9.39 Å². The van der Waals surface area contributed by atoms with Gasteiger partial charge in [-0.1, -0.05) is 41.9 Å². The highest BCUT2D eigenvalue weighted by Crippen LogP contribution is 2.36. The van der Waals surface area contributed by atoms with Gasteiger partial charge in [0, 0.05) is 5.56 Å². The van der Waals surface area contributed by atoms with E-state index in [0.29, 0.717) is 33.2 Å². The second-order valence-electron chi connectivity index (χ2n) is 6.73. The molecule has 3 aromatic rings. The Morgan fingerprint density at radius 1 is 1.16 bits per heavy atom. The van der Waals surface area contributed by atoms with Gasteiger partial charge in [-0.05, 0) is 64.6 Å². The minimum atomic E-state index is -0.575. The molecule has 0 unspecified atom stereocenters. The number of hydrogen-bond donors (Lipinski definition) is 0. The third-order valence-corrected chi connectivity index (χ3v) is 5.74. The van der Waals surface area contributed by atoms with Crippen LogP contribution in [0.3, 0.4) is 0 Å². The van der Waals surface area contributed by atoms with E-state index in [0.717, 1.165) is 3.57 Å². The number of esters is 1. The minimum absolute atomic E-state index is 0.0529. The van der Waals surface area contributed by atoms with Crippen molar-refractivity contribution >= 4 is 52.1 Å². The predicted octanol–water partition coefficient (Wildman–Crippen LogP) is 6.02. The van der Waals surface area contributed by atoms with Crippen molar-refractivity contribution in [1.29, 1.82) is 0 Å². The molecule has 0 radical (unpaired) electrons. The Balaban J connectivity index is 1.61. The average molecular weight is 564 g/mol. The largest absolute Gasteiger partial charge is 0.493 e. The lowest BCUT2D eigenvalue weighted by atomic mass is 10.1. The summed E-state index contributed by atoms with van der Waals surface area (Å²) < 4.78 is 31.2. The highest BCUT2D eigenvalue weighted by atomic mass is 127. The van der Waals surface area contributed by atoms with Crippen molar-refractivity contribution in [1.82, 2.24) is 0 Å². The van der Waals surface area contributed by atoms with E-state index in [4.69, 9.17) is 25.8 Å². The molecule has 32 heavy (non-hydrogen) atoms. The fourth-order valence-electron chi connectivity index (χ4n) is 3.05. The lowest BCUT2D eigenvalue weighted by Gasteiger charge is -2.14. The molecule has 1 aliphatic rings. The Kier molecular flexibility index (Phi) is 6.76. The van der Waals surface area contributed by atoms with Crippen molar-refractivity contribution in [3.8, 4) is 11.5 Å². The summed E-state index contributed by atoms with van der Waals surface area (Å²) in [5, 5.41) is 0.438. The quantitative estimate of drug-likeness (QED) is 0.209. The Morgan fingerprint density at radius 3 is 2.66 bits per heavy atom. The maximum atomic E-state index is 13.9. The van der Waals surface area contributed by atoms with Gasteiger partial charge in [-0.2, -0.15) is 0 Å². The van der Waals surface area contributed by atoms with Gasteiger partial charge >= 0.3 is 5.97 Å². The number of carbonyl (C=O) groups excluding carboxylic acids is 1. The van der Waals surface area contributed by atoms with Crippen LogP contribution in [0.5, 0.6) is 11.5 Å². The van der Waals surface area contributed by atoms with Crippen LogP contribution in [0.2, 0.25) is 5.02 Å². The van der Waals surface area contributed by atoms with Gasteiger partial charge in [0.1, 0.15) is 12.4 Å². The number of ether oxygens (including phenoxy) is 3. The van der Waals surface area contributed by atoms with Crippen LogP contribution in [0.4, 0.5) is 4.39 Å². The third-order valence-electron chi connectivity index (χ3n) is 4.61. The maximum Gasteiger partial charge on any atom is 0.363 e. The molecule has 0 N–H and O–H groups in total. The minimum Gasteiger partial charge on any atom is -0.493 e. The molecule has 0 amide bonds. The molecule has 0 fully saturated rings. The number of carbonyl (C=O) groups is 1. The standard InChI is InChI=1S/C24H16ClFINO4/c1-30-21-12-14(10-19(27)22(21)31-13-15-6-2-5-9-18(15)26)11-20-24(29)32-23(28-20)16-7-3-4-8-17(16)25/h2-12H,13H2,1H3/b20-11-. The molecular weight excluding hydrogens is 548 g/mol. The van der Waals surface area contributed by atoms with Gasteiger partial charge in [-0.15, -0.1) is 0 Å². The second kappa shape index (κ2) is 9.70. The number of aliphatic imine (C=N–C) groups is 1. The van der Waals surface area contributed by atoms with Crippen molar-refractivity contribution in [2.75, 3.05) is 7.11 Å². The molecule has 1 aliphatic heterocycles. The van der Waals surface area contributed by atoms with Crippen LogP contribution in [0.25, 0.3) is 6.08 Å². The van der Waals surface area contributed by atoms with Gasteiger partial charge in [-0.3, -0.25) is 0 Å². The molecule has 0 saturated heterocycles. The van der Waals surface area contributed by atoms with Crippen LogP contribution in [0.15, 0.2) is 71.4 Å². The van der Waals surface area contributed by atoms with Gasteiger partial charge in [0.25, 0.3) is 0 Å². The predicted molar refractivity (Wildman–Crippen MR) is 129 cm³/mol. The van der Waals surface area contributed by atoms with Crippen molar-refractivity contribution in [2.24, 2.45) is 4.99 Å². The lowest BCUT2D eigenvalue weighted by molar-refractivity contribution is -0.129. The first-order valence-electron chi connectivity index (χ1n) is 9.47. The van der Waals surface area contributed by atoms with Gasteiger partial charge < -0.3 is 14.2 Å². The molecule has 5 nitrogen and oxygen atoms in total. The molecule has 0 aliphatic carbocycles. The average Bonchev–Trinajstić information content (AvgIpc) is 3.14. The Morgan fingerprint density at radius 2 is 1.91 bits per heavy atom. The highest BCUT2D eigenvalue weighted by molar-refractivity contribution is 14.1. The SMILES string of the molecule is COc1cc(/C=C2\N=C(c3ccccc3Cl)OC2=O)cc(I)c1OCc1ccccc1F. The number of rotatable bonds is 6. The zero-order valence-electron chi connectivity index (χ0n) is 16.8. The Labute approximate surface area is 202 Å². The van der Waals surface area contributed by atoms with Crippen LogP contribution < -0.4 is 9.47 Å². The fraction of sp³-hybridized carbons (Fsp3) is 0.0833. The summed E-state index contributed by atoms with van der Waals surface area (Å²) >= 11 is 8.27. The molecule has 0 spiro atoms. The van der Waals surface area contributed by atoms with Crippen LogP contribution in [0.1, 0.15) is 16.7 Å². The van der Waals surface area contributed by atoms with Gasteiger partial charge in [-0.25, -0.2) is 14.2 Å². The summed E-state index contributed by atoms with van der Waals surface area (Å²) in [6.07, 6.45) is 1.59. The first kappa shape index (κ1) is 22.3. The monoisotopic (exact) mass is 563 g/mol. The number of benzene rings is 3. The van der Waals surface area contributed by atoms with Gasteiger partial charge in [0.05, 0.1) is 21.3 Å². The second-order valence-corrected chi connectivity index (χ2v) is 8.30. The van der Waals surface area contributed by atoms with E-state index in [9.17, 15) is 9.18 Å². The molecular formula is C24H16ClFINO4. The molecule has 8 heteroatoms. The van der Waals surface area contributed by atoms with E-state index in [2.05, 4.69) is 27.6 Å². The molecule has 3 aromatic carbocycles. The Bertz CT molecular complexity index is 1260. The summed E-state index contributed by atoms with van der Waals surface area (Å²) in [5.74, 6) is 0.163. The fourth-order valence-corrected chi connectivity index (χ4v) is 4.04. The normalized spacial score (nSPS) is 14.3. The number of cyclic esters (lactones) is 1. The third kappa shape index (κ3) is 4.78. The Hall–Kier alpha value is -2.91. The summed E-state index contributed by atoms with van der Waals surface area (Å²) in [7, 11) is 1.51. The summed E-state index contributed by atoms with van der Waals surface area (Å²) in [6, 6.07) is 16.9. The molecule has 0 saturated carbocycles. The van der Waals surface area contributed by atoms with E-state index in [1.165, 1.54) is 13.2 Å². The zero-order chi connectivity index (χ0) is 22.7. The molecule has 0 bridgehead atoms. The summed E-state index contributed by atoms with van der Waals surface area (Å²) in [6.45, 7) is 0.0529. The van der Waals surface area contributed by atoms with E-state index >= 15 is 0 Å². The van der Waals surface area contributed by atoms with Crippen molar-refractivity contribution in [3.63, 3.8) is 0 Å². The summed E-state index contributed by atoms with van der Waals surface area (Å²) in [5.41, 5.74) is 1.78. The van der Waals surface area contributed by atoms with E-state index in [-0.39, 0.29) is 24.0 Å². The molecule has 162 valence electrons. The van der Waals surface area contributed by atoms with Crippen LogP contribution in [-0.4, -0.2) is 19.0 Å². The first-order valence-corrected chi connectivity index (χ1v) is 10.9. The van der Waals surface area contributed by atoms with Crippen molar-refractivity contribution < 1.29 is 23.4 Å². The van der Waals surface area contributed by atoms with E-state index in [1.54, 1.807) is 54.6 Å². The number of halogens is 3. The molecule has 1 heterocycles.